The molecule has 0 aliphatic carbocycles. The highest BCUT2D eigenvalue weighted by molar-refractivity contribution is 7.12. The molecule has 0 saturated carbocycles. The summed E-state index contributed by atoms with van der Waals surface area (Å²) in [6.07, 6.45) is -1.56. The topological polar surface area (TPSA) is 78.4 Å². The van der Waals surface area contributed by atoms with Crippen molar-refractivity contribution in [2.24, 2.45) is 0 Å². The van der Waals surface area contributed by atoms with Gasteiger partial charge < -0.3 is 15.7 Å². The van der Waals surface area contributed by atoms with Crippen LogP contribution in [-0.4, -0.2) is 29.0 Å². The van der Waals surface area contributed by atoms with Crippen molar-refractivity contribution in [2.45, 2.75) is 32.0 Å². The molecule has 0 saturated heterocycles. The highest BCUT2D eigenvalue weighted by atomic mass is 32.1. The molecular formula is C17H18F2N2O3S. The minimum absolute atomic E-state index is 0.397. The maximum Gasteiger partial charge on any atom is 0.261 e. The Morgan fingerprint density at radius 1 is 1.08 bits per heavy atom. The first-order valence-electron chi connectivity index (χ1n) is 7.58. The monoisotopic (exact) mass is 368 g/mol. The SMILES string of the molecule is C[C@H](NC(=O)c1cccs1)C(=O)N[C@H](C)[C@@H](O)c1c(F)cccc1F. The van der Waals surface area contributed by atoms with Crippen LogP contribution in [0.4, 0.5) is 8.78 Å². The van der Waals surface area contributed by atoms with E-state index in [-0.39, 0.29) is 0 Å². The van der Waals surface area contributed by atoms with E-state index in [1.54, 1.807) is 17.5 Å². The van der Waals surface area contributed by atoms with E-state index in [0.29, 0.717) is 4.88 Å². The zero-order valence-electron chi connectivity index (χ0n) is 13.6. The molecule has 1 heterocycles. The molecule has 3 atom stereocenters. The fourth-order valence-corrected chi connectivity index (χ4v) is 2.84. The molecule has 1 aromatic heterocycles. The van der Waals surface area contributed by atoms with Crippen LogP contribution in [0.3, 0.4) is 0 Å². The summed E-state index contributed by atoms with van der Waals surface area (Å²) in [5.74, 6) is -2.76. The van der Waals surface area contributed by atoms with Gasteiger partial charge in [-0.15, -0.1) is 11.3 Å². The van der Waals surface area contributed by atoms with Gasteiger partial charge in [-0.2, -0.15) is 0 Å². The zero-order chi connectivity index (χ0) is 18.6. The number of amides is 2. The van der Waals surface area contributed by atoms with Crippen LogP contribution in [0.1, 0.15) is 35.2 Å². The second kappa shape index (κ2) is 8.17. The number of carbonyl (C=O) groups excluding carboxylic acids is 2. The molecule has 134 valence electrons. The molecule has 0 fully saturated rings. The average Bonchev–Trinajstić information content (AvgIpc) is 3.08. The van der Waals surface area contributed by atoms with Crippen LogP contribution in [0.5, 0.6) is 0 Å². The molecule has 0 unspecified atom stereocenters. The van der Waals surface area contributed by atoms with Gasteiger partial charge in [0.25, 0.3) is 5.91 Å². The molecule has 0 bridgehead atoms. The smallest absolute Gasteiger partial charge is 0.261 e. The van der Waals surface area contributed by atoms with Crippen LogP contribution >= 0.6 is 11.3 Å². The van der Waals surface area contributed by atoms with Crippen LogP contribution in [0, 0.1) is 11.6 Å². The predicted octanol–water partition coefficient (Wildman–Crippen LogP) is 2.38. The van der Waals surface area contributed by atoms with Crippen LogP contribution in [0.2, 0.25) is 0 Å². The summed E-state index contributed by atoms with van der Waals surface area (Å²) in [5, 5.41) is 16.8. The normalized spacial score (nSPS) is 14.4. The molecule has 1 aromatic carbocycles. The standard InChI is InChI=1S/C17H18F2N2O3S/c1-9(15(22)14-11(18)5-3-6-12(14)19)20-16(23)10(2)21-17(24)13-7-4-8-25-13/h3-10,15,22H,1-2H3,(H,20,23)(H,21,24)/t9-,10+,15-/m1/s1. The molecule has 8 heteroatoms. The van der Waals surface area contributed by atoms with Gasteiger partial charge in [-0.1, -0.05) is 12.1 Å². The largest absolute Gasteiger partial charge is 0.386 e. The van der Waals surface area contributed by atoms with E-state index in [0.717, 1.165) is 12.1 Å². The first-order valence-corrected chi connectivity index (χ1v) is 8.46. The predicted molar refractivity (Wildman–Crippen MR) is 90.2 cm³/mol. The fourth-order valence-electron chi connectivity index (χ4n) is 2.21. The quantitative estimate of drug-likeness (QED) is 0.733. The molecule has 5 nitrogen and oxygen atoms in total. The first kappa shape index (κ1) is 19.0. The van der Waals surface area contributed by atoms with Crippen LogP contribution in [0.25, 0.3) is 0 Å². The fraction of sp³-hybridized carbons (Fsp3) is 0.294. The van der Waals surface area contributed by atoms with E-state index in [9.17, 15) is 23.5 Å². The highest BCUT2D eigenvalue weighted by Gasteiger charge is 2.26. The van der Waals surface area contributed by atoms with Crippen LogP contribution in [0.15, 0.2) is 35.7 Å². The Morgan fingerprint density at radius 2 is 1.72 bits per heavy atom. The number of aliphatic hydroxyl groups excluding tert-OH is 1. The van der Waals surface area contributed by atoms with Gasteiger partial charge >= 0.3 is 0 Å². The maximum absolute atomic E-state index is 13.7. The number of aliphatic hydroxyl groups is 1. The van der Waals surface area contributed by atoms with Gasteiger partial charge in [-0.3, -0.25) is 9.59 Å². The van der Waals surface area contributed by atoms with Gasteiger partial charge in [0.2, 0.25) is 5.91 Å². The van der Waals surface area contributed by atoms with E-state index in [1.807, 2.05) is 0 Å². The van der Waals surface area contributed by atoms with Crippen molar-refractivity contribution in [1.82, 2.24) is 10.6 Å². The molecule has 25 heavy (non-hydrogen) atoms. The molecule has 2 aromatic rings. The molecule has 0 radical (unpaired) electrons. The van der Waals surface area contributed by atoms with Gasteiger partial charge in [0.05, 0.1) is 16.5 Å². The second-order valence-corrected chi connectivity index (χ2v) is 6.50. The third kappa shape index (κ3) is 4.61. The number of thiophene rings is 1. The minimum atomic E-state index is -1.56. The van der Waals surface area contributed by atoms with E-state index in [1.165, 1.54) is 31.3 Å². The number of halogens is 2. The van der Waals surface area contributed by atoms with Gasteiger partial charge in [-0.25, -0.2) is 8.78 Å². The molecular weight excluding hydrogens is 350 g/mol. The van der Waals surface area contributed by atoms with Gasteiger partial charge in [0.15, 0.2) is 0 Å². The van der Waals surface area contributed by atoms with Crippen molar-refractivity contribution in [3.05, 3.63) is 57.8 Å². The van der Waals surface area contributed by atoms with E-state index < -0.39 is 47.2 Å². The Labute approximate surface area is 147 Å². The summed E-state index contributed by atoms with van der Waals surface area (Å²) in [4.78, 5) is 24.5. The molecule has 0 spiro atoms. The lowest BCUT2D eigenvalue weighted by Gasteiger charge is -2.23. The number of hydrogen-bond donors (Lipinski definition) is 3. The Balaban J connectivity index is 1.98. The maximum atomic E-state index is 13.7. The third-order valence-electron chi connectivity index (χ3n) is 3.62. The molecule has 3 N–H and O–H groups in total. The molecule has 2 rings (SSSR count). The Bertz CT molecular complexity index is 732. The number of nitrogens with one attached hydrogen (secondary N) is 2. The van der Waals surface area contributed by atoms with E-state index in [4.69, 9.17) is 0 Å². The summed E-state index contributed by atoms with van der Waals surface area (Å²) in [6.45, 7) is 2.89. The number of hydrogen-bond acceptors (Lipinski definition) is 4. The summed E-state index contributed by atoms with van der Waals surface area (Å²) in [5.41, 5.74) is -0.509. The number of benzene rings is 1. The van der Waals surface area contributed by atoms with Crippen molar-refractivity contribution >= 4 is 23.2 Å². The highest BCUT2D eigenvalue weighted by Crippen LogP contribution is 2.23. The van der Waals surface area contributed by atoms with Gasteiger partial charge in [-0.05, 0) is 37.4 Å². The lowest BCUT2D eigenvalue weighted by Crippen LogP contribution is -2.48. The first-order chi connectivity index (χ1) is 11.8. The molecule has 2 amide bonds. The van der Waals surface area contributed by atoms with E-state index in [2.05, 4.69) is 10.6 Å². The third-order valence-corrected chi connectivity index (χ3v) is 4.49. The lowest BCUT2D eigenvalue weighted by atomic mass is 10.0. The summed E-state index contributed by atoms with van der Waals surface area (Å²) >= 11 is 1.24. The Hall–Kier alpha value is -2.32. The molecule has 0 aliphatic heterocycles. The van der Waals surface area contributed by atoms with Crippen LogP contribution < -0.4 is 10.6 Å². The van der Waals surface area contributed by atoms with Crippen LogP contribution in [-0.2, 0) is 4.79 Å². The van der Waals surface area contributed by atoms with Gasteiger partial charge in [0.1, 0.15) is 23.8 Å². The van der Waals surface area contributed by atoms with Crippen molar-refractivity contribution in [1.29, 1.82) is 0 Å². The average molecular weight is 368 g/mol. The summed E-state index contributed by atoms with van der Waals surface area (Å²) < 4.78 is 27.4. The summed E-state index contributed by atoms with van der Waals surface area (Å²) in [6, 6.07) is 4.74. The summed E-state index contributed by atoms with van der Waals surface area (Å²) in [7, 11) is 0. The molecule has 0 aliphatic rings. The van der Waals surface area contributed by atoms with Crippen molar-refractivity contribution in [3.8, 4) is 0 Å². The Kier molecular flexibility index (Phi) is 6.22. The second-order valence-electron chi connectivity index (χ2n) is 5.55. The van der Waals surface area contributed by atoms with E-state index >= 15 is 0 Å². The Morgan fingerprint density at radius 3 is 2.28 bits per heavy atom. The lowest BCUT2D eigenvalue weighted by molar-refractivity contribution is -0.124. The minimum Gasteiger partial charge on any atom is -0.386 e. The van der Waals surface area contributed by atoms with Crippen molar-refractivity contribution < 1.29 is 23.5 Å². The van der Waals surface area contributed by atoms with Crippen molar-refractivity contribution in [3.63, 3.8) is 0 Å². The number of carbonyl (C=O) groups is 2. The zero-order valence-corrected chi connectivity index (χ0v) is 14.4. The number of rotatable bonds is 6. The van der Waals surface area contributed by atoms with Gasteiger partial charge in [0, 0.05) is 0 Å². The van der Waals surface area contributed by atoms with Crippen molar-refractivity contribution in [2.75, 3.05) is 0 Å².